The first-order valence-corrected chi connectivity index (χ1v) is 8.91. The first-order chi connectivity index (χ1) is 11.0. The first-order valence-electron chi connectivity index (χ1n) is 7.43. The van der Waals surface area contributed by atoms with Crippen molar-refractivity contribution in [2.24, 2.45) is 0 Å². The fourth-order valence-corrected chi connectivity index (χ4v) is 3.93. The van der Waals surface area contributed by atoms with Crippen molar-refractivity contribution in [3.8, 4) is 11.5 Å². The van der Waals surface area contributed by atoms with E-state index < -0.39 is 10.0 Å². The predicted octanol–water partition coefficient (Wildman–Crippen LogP) is 3.13. The second-order valence-corrected chi connectivity index (χ2v) is 7.19. The lowest BCUT2D eigenvalue weighted by Crippen LogP contribution is -2.15. The summed E-state index contributed by atoms with van der Waals surface area (Å²) in [5.74, 6) is 1.15. The van der Waals surface area contributed by atoms with Gasteiger partial charge >= 0.3 is 0 Å². The van der Waals surface area contributed by atoms with Crippen LogP contribution in [0.25, 0.3) is 0 Å². The van der Waals surface area contributed by atoms with E-state index in [0.29, 0.717) is 18.0 Å². The van der Waals surface area contributed by atoms with Gasteiger partial charge in [-0.05, 0) is 61.2 Å². The quantitative estimate of drug-likeness (QED) is 0.933. The molecule has 0 aromatic heterocycles. The molecule has 0 bridgehead atoms. The molecule has 1 aliphatic rings. The number of methoxy groups -OCH3 is 1. The van der Waals surface area contributed by atoms with Crippen molar-refractivity contribution in [1.29, 1.82) is 0 Å². The van der Waals surface area contributed by atoms with E-state index in [1.165, 1.54) is 7.11 Å². The average molecular weight is 333 g/mol. The van der Waals surface area contributed by atoms with Crippen molar-refractivity contribution < 1.29 is 17.9 Å². The van der Waals surface area contributed by atoms with Crippen LogP contribution in [0.3, 0.4) is 0 Å². The van der Waals surface area contributed by atoms with Crippen molar-refractivity contribution in [2.45, 2.75) is 24.7 Å². The van der Waals surface area contributed by atoms with E-state index in [-0.39, 0.29) is 4.90 Å². The van der Waals surface area contributed by atoms with Gasteiger partial charge in [0, 0.05) is 5.69 Å². The number of hydrogen-bond acceptors (Lipinski definition) is 4. The molecule has 0 saturated carbocycles. The van der Waals surface area contributed by atoms with E-state index in [2.05, 4.69) is 4.72 Å². The fraction of sp³-hybridized carbons (Fsp3) is 0.294. The molecule has 2 aromatic carbocycles. The Morgan fingerprint density at radius 2 is 2.00 bits per heavy atom. The summed E-state index contributed by atoms with van der Waals surface area (Å²) < 4.78 is 38.7. The Labute approximate surface area is 136 Å². The predicted molar refractivity (Wildman–Crippen MR) is 88.8 cm³/mol. The first kappa shape index (κ1) is 15.7. The summed E-state index contributed by atoms with van der Waals surface area (Å²) in [6.45, 7) is 2.55. The molecule has 1 heterocycles. The zero-order valence-corrected chi connectivity index (χ0v) is 13.9. The molecule has 0 radical (unpaired) electrons. The third-order valence-corrected chi connectivity index (χ3v) is 5.17. The summed E-state index contributed by atoms with van der Waals surface area (Å²) in [5, 5.41) is 0. The molecule has 3 rings (SSSR count). The molecule has 5 nitrogen and oxygen atoms in total. The van der Waals surface area contributed by atoms with E-state index in [1.54, 1.807) is 24.3 Å². The van der Waals surface area contributed by atoms with E-state index >= 15 is 0 Å². The van der Waals surface area contributed by atoms with E-state index in [1.807, 2.05) is 19.1 Å². The maximum absolute atomic E-state index is 12.7. The number of fused-ring (bicyclic) bond motifs is 1. The van der Waals surface area contributed by atoms with Gasteiger partial charge < -0.3 is 9.47 Å². The highest BCUT2D eigenvalue weighted by Crippen LogP contribution is 2.30. The number of anilines is 1. The van der Waals surface area contributed by atoms with Gasteiger partial charge in [0.1, 0.15) is 16.4 Å². The molecule has 0 aliphatic carbocycles. The van der Waals surface area contributed by atoms with Crippen LogP contribution in [-0.2, 0) is 16.4 Å². The maximum Gasteiger partial charge on any atom is 0.265 e. The van der Waals surface area contributed by atoms with Crippen molar-refractivity contribution in [1.82, 2.24) is 0 Å². The molecular weight excluding hydrogens is 314 g/mol. The topological polar surface area (TPSA) is 64.6 Å². The summed E-state index contributed by atoms with van der Waals surface area (Å²) in [7, 11) is -2.26. The van der Waals surface area contributed by atoms with Crippen LogP contribution >= 0.6 is 0 Å². The normalized spacial score (nSPS) is 13.8. The molecule has 0 atom stereocenters. The van der Waals surface area contributed by atoms with Crippen LogP contribution in [0, 0.1) is 6.92 Å². The largest absolute Gasteiger partial charge is 0.495 e. The zero-order valence-electron chi connectivity index (χ0n) is 13.1. The summed E-state index contributed by atoms with van der Waals surface area (Å²) in [6.07, 6.45) is 1.83. The van der Waals surface area contributed by atoms with E-state index in [0.717, 1.165) is 29.7 Å². The minimum atomic E-state index is -3.72. The van der Waals surface area contributed by atoms with Gasteiger partial charge in [0.2, 0.25) is 0 Å². The van der Waals surface area contributed by atoms with Crippen LogP contribution in [0.2, 0.25) is 0 Å². The van der Waals surface area contributed by atoms with Gasteiger partial charge in [0.05, 0.1) is 13.7 Å². The number of nitrogens with one attached hydrogen (secondary N) is 1. The molecule has 0 saturated heterocycles. The van der Waals surface area contributed by atoms with Gasteiger partial charge in [0.25, 0.3) is 10.0 Å². The van der Waals surface area contributed by atoms with Crippen molar-refractivity contribution in [2.75, 3.05) is 18.4 Å². The molecule has 0 fully saturated rings. The van der Waals surface area contributed by atoms with Gasteiger partial charge in [-0.3, -0.25) is 4.72 Å². The van der Waals surface area contributed by atoms with Crippen LogP contribution in [0.15, 0.2) is 41.3 Å². The summed E-state index contributed by atoms with van der Waals surface area (Å²) >= 11 is 0. The van der Waals surface area contributed by atoms with E-state index in [9.17, 15) is 8.42 Å². The number of aryl methyl sites for hydroxylation is 2. The molecule has 1 aliphatic heterocycles. The molecule has 0 unspecified atom stereocenters. The van der Waals surface area contributed by atoms with Gasteiger partial charge in [-0.1, -0.05) is 6.07 Å². The third kappa shape index (κ3) is 3.27. The second kappa shape index (κ2) is 6.12. The molecule has 2 aromatic rings. The van der Waals surface area contributed by atoms with Gasteiger partial charge in [-0.2, -0.15) is 0 Å². The number of benzene rings is 2. The monoisotopic (exact) mass is 333 g/mol. The van der Waals surface area contributed by atoms with Crippen molar-refractivity contribution >= 4 is 15.7 Å². The Morgan fingerprint density at radius 1 is 1.17 bits per heavy atom. The standard InChI is InChI=1S/C17H19NO4S/c1-12-5-7-16(21-2)17(10-12)23(19,20)18-14-6-8-15-13(11-14)4-3-9-22-15/h5-8,10-11,18H,3-4,9H2,1-2H3. The van der Waals surface area contributed by atoms with Crippen molar-refractivity contribution in [3.05, 3.63) is 47.5 Å². The molecular formula is C17H19NO4S. The SMILES string of the molecule is COc1ccc(C)cc1S(=O)(=O)Nc1ccc2c(c1)CCCO2. The Bertz CT molecular complexity index is 830. The Kier molecular flexibility index (Phi) is 4.17. The average Bonchev–Trinajstić information content (AvgIpc) is 2.54. The molecule has 0 spiro atoms. The van der Waals surface area contributed by atoms with Gasteiger partial charge in [-0.15, -0.1) is 0 Å². The smallest absolute Gasteiger partial charge is 0.265 e. The van der Waals surface area contributed by atoms with Crippen LogP contribution < -0.4 is 14.2 Å². The third-order valence-electron chi connectivity index (χ3n) is 3.77. The van der Waals surface area contributed by atoms with Gasteiger partial charge in [0.15, 0.2) is 0 Å². The molecule has 23 heavy (non-hydrogen) atoms. The summed E-state index contributed by atoms with van der Waals surface area (Å²) in [4.78, 5) is 0.133. The Morgan fingerprint density at radius 3 is 2.78 bits per heavy atom. The number of rotatable bonds is 4. The van der Waals surface area contributed by atoms with Crippen LogP contribution in [0.1, 0.15) is 17.5 Å². The number of ether oxygens (including phenoxy) is 2. The molecule has 0 amide bonds. The lowest BCUT2D eigenvalue weighted by atomic mass is 10.1. The van der Waals surface area contributed by atoms with Crippen LogP contribution in [0.5, 0.6) is 11.5 Å². The molecule has 122 valence electrons. The minimum Gasteiger partial charge on any atom is -0.495 e. The zero-order chi connectivity index (χ0) is 16.4. The minimum absolute atomic E-state index is 0.133. The maximum atomic E-state index is 12.7. The second-order valence-electron chi connectivity index (χ2n) is 5.53. The number of hydrogen-bond donors (Lipinski definition) is 1. The highest BCUT2D eigenvalue weighted by Gasteiger charge is 2.21. The summed E-state index contributed by atoms with van der Waals surface area (Å²) in [6, 6.07) is 10.4. The highest BCUT2D eigenvalue weighted by atomic mass is 32.2. The van der Waals surface area contributed by atoms with Crippen LogP contribution in [0.4, 0.5) is 5.69 Å². The lowest BCUT2D eigenvalue weighted by molar-refractivity contribution is 0.288. The molecule has 1 N–H and O–H groups in total. The Hall–Kier alpha value is -2.21. The van der Waals surface area contributed by atoms with Crippen molar-refractivity contribution in [3.63, 3.8) is 0 Å². The number of sulfonamides is 1. The highest BCUT2D eigenvalue weighted by molar-refractivity contribution is 7.92. The lowest BCUT2D eigenvalue weighted by Gasteiger charge is -2.18. The van der Waals surface area contributed by atoms with E-state index in [4.69, 9.17) is 9.47 Å². The van der Waals surface area contributed by atoms with Gasteiger partial charge in [-0.25, -0.2) is 8.42 Å². The van der Waals surface area contributed by atoms with Crippen LogP contribution in [-0.4, -0.2) is 22.1 Å². The fourth-order valence-electron chi connectivity index (χ4n) is 2.63. The Balaban J connectivity index is 1.94. The molecule has 6 heteroatoms. The summed E-state index contributed by atoms with van der Waals surface area (Å²) in [5.41, 5.74) is 2.40.